The highest BCUT2D eigenvalue weighted by atomic mass is 16.5. The third-order valence-electron chi connectivity index (χ3n) is 12.4. The Morgan fingerprint density at radius 3 is 1.43 bits per heavy atom. The van der Waals surface area contributed by atoms with Gasteiger partial charge < -0.3 is 20.5 Å². The van der Waals surface area contributed by atoms with E-state index in [1.54, 1.807) is 0 Å². The van der Waals surface area contributed by atoms with Crippen molar-refractivity contribution in [3.8, 4) is 0 Å². The van der Waals surface area contributed by atoms with Gasteiger partial charge in [0.2, 0.25) is 11.8 Å². The monoisotopic (exact) mass is 849 g/mol. The molecule has 0 spiro atoms. The smallest absolute Gasteiger partial charge is 0.306 e. The zero-order valence-corrected chi connectivity index (χ0v) is 39.9. The number of carbonyl (C=O) groups excluding carboxylic acids is 4. The number of hydrogen-bond acceptors (Lipinski definition) is 6. The molecular weight excluding hydrogens is 753 g/mol. The van der Waals surface area contributed by atoms with Gasteiger partial charge in [0.1, 0.15) is 11.8 Å². The molecule has 0 aromatic heterocycles. The largest absolute Gasteiger partial charge is 0.481 e. The summed E-state index contributed by atoms with van der Waals surface area (Å²) in [5.74, 6) is -0.909. The molecule has 60 heavy (non-hydrogen) atoms. The molecule has 0 radical (unpaired) electrons. The van der Waals surface area contributed by atoms with E-state index in [1.165, 1.54) is 83.5 Å². The summed E-state index contributed by atoms with van der Waals surface area (Å²) in [5, 5.41) is 15.1. The van der Waals surface area contributed by atoms with Crippen molar-refractivity contribution in [1.29, 1.82) is 0 Å². The molecule has 9 nitrogen and oxygen atoms in total. The van der Waals surface area contributed by atoms with Gasteiger partial charge in [0.25, 0.3) is 0 Å². The summed E-state index contributed by atoms with van der Waals surface area (Å²) >= 11 is 0. The van der Waals surface area contributed by atoms with E-state index in [2.05, 4.69) is 38.3 Å². The van der Waals surface area contributed by atoms with Gasteiger partial charge in [-0.2, -0.15) is 0 Å². The summed E-state index contributed by atoms with van der Waals surface area (Å²) in [5.41, 5.74) is 0. The SMILES string of the molecule is CCCCCCCCC(CCCCCC)C(=O)CCCCC[C@H](NC(=O)C(CCCCCC)CCCCCCCC)C(=O)NCCCCC(CC)COC(=O)CCC(=O)O. The highest BCUT2D eigenvalue weighted by Gasteiger charge is 2.25. The highest BCUT2D eigenvalue weighted by Crippen LogP contribution is 2.24. The molecule has 0 bridgehead atoms. The first-order valence-electron chi connectivity index (χ1n) is 25.6. The molecule has 0 aliphatic heterocycles. The Bertz CT molecular complexity index is 1070. The van der Waals surface area contributed by atoms with Crippen molar-refractivity contribution in [3.63, 3.8) is 0 Å². The van der Waals surface area contributed by atoms with Crippen molar-refractivity contribution in [2.45, 2.75) is 265 Å². The molecule has 0 aliphatic carbocycles. The van der Waals surface area contributed by atoms with Crippen LogP contribution >= 0.6 is 0 Å². The maximum absolute atomic E-state index is 13.9. The van der Waals surface area contributed by atoms with E-state index >= 15 is 0 Å². The van der Waals surface area contributed by atoms with Gasteiger partial charge in [-0.1, -0.05) is 189 Å². The minimum atomic E-state index is -1.01. The van der Waals surface area contributed by atoms with Gasteiger partial charge in [-0.3, -0.25) is 24.0 Å². The fourth-order valence-electron chi connectivity index (χ4n) is 8.23. The van der Waals surface area contributed by atoms with E-state index in [0.717, 1.165) is 116 Å². The molecule has 0 rings (SSSR count). The number of ether oxygens (including phenoxy) is 1. The number of Topliss-reactive ketones (excluding diaryl/α,β-unsaturated/α-hetero) is 1. The van der Waals surface area contributed by atoms with Gasteiger partial charge >= 0.3 is 11.9 Å². The first-order chi connectivity index (χ1) is 29.1. The van der Waals surface area contributed by atoms with Crippen LogP contribution in [0.4, 0.5) is 0 Å². The molecule has 9 heteroatoms. The van der Waals surface area contributed by atoms with Crippen LogP contribution in [0.1, 0.15) is 259 Å². The van der Waals surface area contributed by atoms with Crippen molar-refractivity contribution in [2.24, 2.45) is 17.8 Å². The third kappa shape index (κ3) is 34.2. The summed E-state index contributed by atoms with van der Waals surface area (Å²) in [4.78, 5) is 63.7. The summed E-state index contributed by atoms with van der Waals surface area (Å²) in [6, 6.07) is -0.594. The van der Waals surface area contributed by atoms with E-state index in [9.17, 15) is 24.0 Å². The summed E-state index contributed by atoms with van der Waals surface area (Å²) in [6.07, 6.45) is 34.2. The Labute approximate surface area is 369 Å². The number of ketones is 1. The molecule has 0 aromatic carbocycles. The number of carboxylic acid groups (broad SMARTS) is 1. The molecule has 0 saturated heterocycles. The van der Waals surface area contributed by atoms with Gasteiger partial charge in [-0.15, -0.1) is 0 Å². The minimum Gasteiger partial charge on any atom is -0.481 e. The molecule has 2 amide bonds. The first-order valence-corrected chi connectivity index (χ1v) is 25.6. The second-order valence-corrected chi connectivity index (χ2v) is 18.0. The van der Waals surface area contributed by atoms with Crippen LogP contribution in [0, 0.1) is 17.8 Å². The zero-order chi connectivity index (χ0) is 44.5. The Morgan fingerprint density at radius 2 is 0.917 bits per heavy atom. The first kappa shape index (κ1) is 57.5. The second kappa shape index (κ2) is 41.9. The Morgan fingerprint density at radius 1 is 0.467 bits per heavy atom. The number of carboxylic acids is 1. The Kier molecular flexibility index (Phi) is 40.2. The maximum Gasteiger partial charge on any atom is 0.306 e. The summed E-state index contributed by atoms with van der Waals surface area (Å²) in [6.45, 7) is 11.7. The van der Waals surface area contributed by atoms with Crippen LogP contribution in [0.15, 0.2) is 0 Å². The Balaban J connectivity index is 5.40. The van der Waals surface area contributed by atoms with Crippen molar-refractivity contribution < 1.29 is 33.8 Å². The average Bonchev–Trinajstić information content (AvgIpc) is 3.23. The topological polar surface area (TPSA) is 139 Å². The van der Waals surface area contributed by atoms with E-state index < -0.39 is 18.0 Å². The lowest BCUT2D eigenvalue weighted by Gasteiger charge is -2.23. The van der Waals surface area contributed by atoms with Gasteiger partial charge in [0, 0.05) is 24.8 Å². The van der Waals surface area contributed by atoms with Gasteiger partial charge in [0.15, 0.2) is 0 Å². The maximum atomic E-state index is 13.9. The number of carbonyl (C=O) groups is 5. The standard InChI is InChI=1S/C51H96N2O7/c1-6-11-15-19-21-26-34-44(33-24-17-13-8-3)47(54)38-29-23-28-37-46(53-50(58)45(35-25-18-14-9-4)36-27-22-20-16-12-7-2)51(59)52-41-31-30-32-43(10-5)42-60-49(57)40-39-48(55)56/h43-46H,6-42H2,1-5H3,(H,52,59)(H,53,58)(H,55,56)/t43?,44?,45?,46-/m0/s1. The number of nitrogens with one attached hydrogen (secondary N) is 2. The van der Waals surface area contributed by atoms with Crippen LogP contribution < -0.4 is 10.6 Å². The fourth-order valence-corrected chi connectivity index (χ4v) is 8.23. The van der Waals surface area contributed by atoms with Crippen LogP contribution in [0.5, 0.6) is 0 Å². The van der Waals surface area contributed by atoms with E-state index in [0.29, 0.717) is 25.2 Å². The van der Waals surface area contributed by atoms with Crippen molar-refractivity contribution in [3.05, 3.63) is 0 Å². The molecule has 0 fully saturated rings. The second-order valence-electron chi connectivity index (χ2n) is 18.0. The molecule has 4 atom stereocenters. The van der Waals surface area contributed by atoms with Crippen LogP contribution in [-0.2, 0) is 28.7 Å². The van der Waals surface area contributed by atoms with E-state index in [4.69, 9.17) is 9.84 Å². The molecule has 0 saturated carbocycles. The fraction of sp³-hybridized carbons (Fsp3) is 0.902. The minimum absolute atomic E-state index is 0.0136. The highest BCUT2D eigenvalue weighted by molar-refractivity contribution is 5.88. The molecule has 352 valence electrons. The number of rotatable bonds is 45. The normalized spacial score (nSPS) is 13.3. The Hall–Kier alpha value is -2.45. The van der Waals surface area contributed by atoms with Crippen LogP contribution in [0.25, 0.3) is 0 Å². The molecule has 3 unspecified atom stereocenters. The lowest BCUT2D eigenvalue weighted by atomic mass is 9.88. The van der Waals surface area contributed by atoms with E-state index in [1.807, 2.05) is 6.92 Å². The number of aliphatic carboxylic acids is 1. The van der Waals surface area contributed by atoms with Crippen LogP contribution in [0.3, 0.4) is 0 Å². The third-order valence-corrected chi connectivity index (χ3v) is 12.4. The van der Waals surface area contributed by atoms with Crippen LogP contribution in [0.2, 0.25) is 0 Å². The predicted molar refractivity (Wildman–Crippen MR) is 249 cm³/mol. The van der Waals surface area contributed by atoms with Gasteiger partial charge in [-0.25, -0.2) is 0 Å². The summed E-state index contributed by atoms with van der Waals surface area (Å²) < 4.78 is 5.31. The van der Waals surface area contributed by atoms with E-state index in [-0.39, 0.29) is 49.0 Å². The number of amides is 2. The summed E-state index contributed by atoms with van der Waals surface area (Å²) in [7, 11) is 0. The van der Waals surface area contributed by atoms with Crippen molar-refractivity contribution >= 4 is 29.5 Å². The molecule has 0 aromatic rings. The molecular formula is C51H96N2O7. The van der Waals surface area contributed by atoms with Crippen molar-refractivity contribution in [2.75, 3.05) is 13.2 Å². The lowest BCUT2D eigenvalue weighted by molar-refractivity contribution is -0.148. The number of esters is 1. The number of unbranched alkanes of at least 4 members (excludes halogenated alkanes) is 19. The van der Waals surface area contributed by atoms with Gasteiger partial charge in [0.05, 0.1) is 19.4 Å². The molecule has 0 aliphatic rings. The quantitative estimate of drug-likeness (QED) is 0.0409. The lowest BCUT2D eigenvalue weighted by Crippen LogP contribution is -2.48. The molecule has 0 heterocycles. The number of hydrogen-bond donors (Lipinski definition) is 3. The average molecular weight is 849 g/mol. The zero-order valence-electron chi connectivity index (χ0n) is 39.9. The van der Waals surface area contributed by atoms with Crippen LogP contribution in [-0.4, -0.2) is 53.8 Å². The molecule has 3 N–H and O–H groups in total. The van der Waals surface area contributed by atoms with Crippen molar-refractivity contribution in [1.82, 2.24) is 10.6 Å². The predicted octanol–water partition coefficient (Wildman–Crippen LogP) is 13.4. The van der Waals surface area contributed by atoms with Gasteiger partial charge in [-0.05, 0) is 57.3 Å².